The third kappa shape index (κ3) is 5.97. The molecule has 0 fully saturated rings. The van der Waals surface area contributed by atoms with Crippen molar-refractivity contribution in [1.29, 1.82) is 5.26 Å². The third-order valence-corrected chi connectivity index (χ3v) is 9.25. The van der Waals surface area contributed by atoms with Crippen molar-refractivity contribution in [2.24, 2.45) is 16.9 Å². The minimum absolute atomic E-state index is 0.00446. The molecule has 5 rings (SSSR count). The van der Waals surface area contributed by atoms with E-state index >= 15 is 0 Å². The molecule has 11 nitrogen and oxygen atoms in total. The Hall–Kier alpha value is -4.67. The summed E-state index contributed by atoms with van der Waals surface area (Å²) in [5.74, 6) is -0.841. The Morgan fingerprint density at radius 1 is 1.19 bits per heavy atom. The molecule has 0 bridgehead atoms. The van der Waals surface area contributed by atoms with E-state index in [2.05, 4.69) is 21.6 Å². The van der Waals surface area contributed by atoms with Crippen molar-refractivity contribution in [3.63, 3.8) is 0 Å². The van der Waals surface area contributed by atoms with Gasteiger partial charge in [-0.05, 0) is 41.7 Å². The van der Waals surface area contributed by atoms with Gasteiger partial charge in [0.1, 0.15) is 11.6 Å². The van der Waals surface area contributed by atoms with Gasteiger partial charge in [-0.15, -0.1) is 10.2 Å². The number of nitrogens with one attached hydrogen (secondary N) is 1. The van der Waals surface area contributed by atoms with Crippen molar-refractivity contribution in [2.45, 2.75) is 36.9 Å². The average Bonchev–Trinajstić information content (AvgIpc) is 3.43. The first-order valence-electron chi connectivity index (χ1n) is 13.3. The van der Waals surface area contributed by atoms with E-state index in [4.69, 9.17) is 16.2 Å². The van der Waals surface area contributed by atoms with E-state index in [1.807, 2.05) is 26.0 Å². The minimum Gasteiger partial charge on any atom is -0.497 e. The molecule has 0 spiro atoms. The maximum absolute atomic E-state index is 13.7. The van der Waals surface area contributed by atoms with Crippen LogP contribution in [-0.2, 0) is 9.59 Å². The van der Waals surface area contributed by atoms with Crippen LogP contribution in [0.1, 0.15) is 48.5 Å². The Morgan fingerprint density at radius 2 is 1.91 bits per heavy atom. The van der Waals surface area contributed by atoms with Crippen molar-refractivity contribution in [2.75, 3.05) is 23.1 Å². The van der Waals surface area contributed by atoms with E-state index in [1.54, 1.807) is 42.3 Å². The highest BCUT2D eigenvalue weighted by Crippen LogP contribution is 2.50. The molecule has 1 aromatic heterocycles. The number of thioether (sulfide) groups is 1. The van der Waals surface area contributed by atoms with Crippen LogP contribution in [0.25, 0.3) is 0 Å². The van der Waals surface area contributed by atoms with Gasteiger partial charge >= 0.3 is 0 Å². The van der Waals surface area contributed by atoms with Crippen LogP contribution in [0.15, 0.2) is 75.5 Å². The predicted molar refractivity (Wildman–Crippen MR) is 164 cm³/mol. The number of allylic oxidation sites excluding steroid dienone is 3. The Bertz CT molecular complexity index is 1720. The number of ketones is 1. The molecule has 2 heterocycles. The number of anilines is 2. The standard InChI is InChI=1S/C30H29N7O4S2/c1-30(2)12-21-25(22(38)13-30)24(16-8-10-17(41-3)11-9-16)19(14-31)26(32)37(21)28-35-36-29(43-28)42-15-23(39)34-20-7-5-4-6-18(20)27(33)40/h4-11,24H,12-13,15,32H2,1-3H3,(H2,33,40)(H,34,39). The number of primary amides is 1. The second-order valence-electron chi connectivity index (χ2n) is 10.9. The number of hydrogen-bond acceptors (Lipinski definition) is 11. The molecule has 2 amide bonds. The molecule has 2 aromatic carbocycles. The molecule has 13 heteroatoms. The number of carbonyl (C=O) groups is 3. The van der Waals surface area contributed by atoms with E-state index in [1.165, 1.54) is 17.4 Å². The number of rotatable bonds is 8. The van der Waals surface area contributed by atoms with Crippen molar-refractivity contribution in [1.82, 2.24) is 10.2 Å². The maximum Gasteiger partial charge on any atom is 0.250 e. The number of amides is 2. The van der Waals surface area contributed by atoms with E-state index in [-0.39, 0.29) is 39.8 Å². The summed E-state index contributed by atoms with van der Waals surface area (Å²) in [5.41, 5.74) is 14.5. The first-order valence-corrected chi connectivity index (χ1v) is 15.1. The lowest BCUT2D eigenvalue weighted by Crippen LogP contribution is -2.42. The molecule has 1 unspecified atom stereocenters. The fourth-order valence-corrected chi connectivity index (χ4v) is 7.01. The molecular formula is C30H29N7O4S2. The topological polar surface area (TPSA) is 177 Å². The molecule has 0 saturated heterocycles. The van der Waals surface area contributed by atoms with Crippen LogP contribution < -0.4 is 26.4 Å². The first-order chi connectivity index (χ1) is 20.5. The molecule has 0 saturated carbocycles. The maximum atomic E-state index is 13.7. The molecule has 0 radical (unpaired) electrons. The van der Waals surface area contributed by atoms with Gasteiger partial charge in [-0.3, -0.25) is 19.3 Å². The number of nitrogens with zero attached hydrogens (tertiary/aromatic N) is 4. The highest BCUT2D eigenvalue weighted by molar-refractivity contribution is 8.01. The Labute approximate surface area is 256 Å². The summed E-state index contributed by atoms with van der Waals surface area (Å²) in [5, 5.41) is 21.9. The van der Waals surface area contributed by atoms with E-state index in [0.29, 0.717) is 45.0 Å². The summed E-state index contributed by atoms with van der Waals surface area (Å²) in [6.45, 7) is 4.04. The first kappa shape index (κ1) is 29.8. The lowest BCUT2D eigenvalue weighted by atomic mass is 9.68. The number of carbonyl (C=O) groups excluding carboxylic acids is 3. The van der Waals surface area contributed by atoms with Crippen LogP contribution in [0.4, 0.5) is 10.8 Å². The van der Waals surface area contributed by atoms with Gasteiger partial charge in [0.05, 0.1) is 41.7 Å². The average molecular weight is 616 g/mol. The van der Waals surface area contributed by atoms with Gasteiger partial charge in [0.15, 0.2) is 10.1 Å². The highest BCUT2D eigenvalue weighted by Gasteiger charge is 2.45. The number of ether oxygens (including phenoxy) is 1. The van der Waals surface area contributed by atoms with E-state index < -0.39 is 11.8 Å². The second kappa shape index (κ2) is 11.9. The molecule has 2 aliphatic rings. The number of nitriles is 1. The lowest BCUT2D eigenvalue weighted by molar-refractivity contribution is -0.118. The summed E-state index contributed by atoms with van der Waals surface area (Å²) in [7, 11) is 1.57. The molecule has 3 aromatic rings. The van der Waals surface area contributed by atoms with Crippen LogP contribution in [0.5, 0.6) is 5.75 Å². The Balaban J connectivity index is 1.45. The number of para-hydroxylation sites is 1. The van der Waals surface area contributed by atoms with Crippen molar-refractivity contribution in [3.8, 4) is 11.8 Å². The van der Waals surface area contributed by atoms with Gasteiger partial charge in [-0.1, -0.05) is 61.2 Å². The summed E-state index contributed by atoms with van der Waals surface area (Å²) in [4.78, 5) is 39.7. The van der Waals surface area contributed by atoms with Crippen molar-refractivity contribution >= 4 is 51.5 Å². The SMILES string of the molecule is COc1ccc(C2C(C#N)=C(N)N(c3nnc(SCC(=O)Nc4ccccc4C(N)=O)s3)C3=C2C(=O)CC(C)(C)C3)cc1. The number of methoxy groups -OCH3 is 1. The Kier molecular flexibility index (Phi) is 8.25. The van der Waals surface area contributed by atoms with Crippen LogP contribution in [-0.4, -0.2) is 40.7 Å². The van der Waals surface area contributed by atoms with Crippen LogP contribution >= 0.6 is 23.1 Å². The van der Waals surface area contributed by atoms with Crippen molar-refractivity contribution < 1.29 is 19.1 Å². The van der Waals surface area contributed by atoms with Gasteiger partial charge in [0.25, 0.3) is 5.91 Å². The zero-order chi connectivity index (χ0) is 30.9. The molecule has 1 aliphatic heterocycles. The highest BCUT2D eigenvalue weighted by atomic mass is 32.2. The lowest BCUT2D eigenvalue weighted by Gasteiger charge is -2.42. The number of Topliss-reactive ketones (excluding diaryl/α,β-unsaturated/α-hetero) is 1. The number of nitrogens with two attached hydrogens (primary N) is 2. The summed E-state index contributed by atoms with van der Waals surface area (Å²) in [6, 6.07) is 16.0. The van der Waals surface area contributed by atoms with Crippen LogP contribution in [0.3, 0.4) is 0 Å². The monoisotopic (exact) mass is 615 g/mol. The van der Waals surface area contributed by atoms with E-state index in [9.17, 15) is 19.6 Å². The fraction of sp³-hybridized carbons (Fsp3) is 0.267. The zero-order valence-electron chi connectivity index (χ0n) is 23.7. The third-order valence-electron chi connectivity index (χ3n) is 7.21. The molecule has 220 valence electrons. The quantitative estimate of drug-likeness (QED) is 0.309. The fourth-order valence-electron chi connectivity index (χ4n) is 5.33. The number of aromatic nitrogens is 2. The summed E-state index contributed by atoms with van der Waals surface area (Å²) < 4.78 is 5.78. The van der Waals surface area contributed by atoms with Crippen molar-refractivity contribution in [3.05, 3.63) is 82.3 Å². The minimum atomic E-state index is -0.645. The van der Waals surface area contributed by atoms with Gasteiger partial charge in [0.2, 0.25) is 11.0 Å². The van der Waals surface area contributed by atoms with Crippen LogP contribution in [0, 0.1) is 16.7 Å². The molecule has 43 heavy (non-hydrogen) atoms. The largest absolute Gasteiger partial charge is 0.497 e. The molecule has 5 N–H and O–H groups in total. The van der Waals surface area contributed by atoms with Gasteiger partial charge in [-0.2, -0.15) is 5.26 Å². The normalized spacial score (nSPS) is 17.8. The summed E-state index contributed by atoms with van der Waals surface area (Å²) >= 11 is 2.36. The Morgan fingerprint density at radius 3 is 2.58 bits per heavy atom. The van der Waals surface area contributed by atoms with Gasteiger partial charge in [0, 0.05) is 17.7 Å². The number of hydrogen-bond donors (Lipinski definition) is 3. The second-order valence-corrected chi connectivity index (χ2v) is 13.0. The zero-order valence-corrected chi connectivity index (χ0v) is 25.3. The van der Waals surface area contributed by atoms with Crippen LogP contribution in [0.2, 0.25) is 0 Å². The van der Waals surface area contributed by atoms with Gasteiger partial charge in [-0.25, -0.2) is 0 Å². The van der Waals surface area contributed by atoms with Gasteiger partial charge < -0.3 is 21.5 Å². The smallest absolute Gasteiger partial charge is 0.250 e. The molecule has 1 atom stereocenters. The molecular weight excluding hydrogens is 587 g/mol. The predicted octanol–water partition coefficient (Wildman–Crippen LogP) is 4.32. The molecule has 1 aliphatic carbocycles. The number of benzene rings is 2. The van der Waals surface area contributed by atoms with E-state index in [0.717, 1.165) is 17.3 Å². The summed E-state index contributed by atoms with van der Waals surface area (Å²) in [6.07, 6.45) is 0.861.